The van der Waals surface area contributed by atoms with Gasteiger partial charge in [0.1, 0.15) is 0 Å². The van der Waals surface area contributed by atoms with E-state index < -0.39 is 6.04 Å². The second-order valence-corrected chi connectivity index (χ2v) is 3.92. The molecule has 0 bridgehead atoms. The van der Waals surface area contributed by atoms with Crippen molar-refractivity contribution < 1.29 is 14.3 Å². The number of carbonyl (C=O) groups is 2. The molecule has 86 valence electrons. The van der Waals surface area contributed by atoms with Gasteiger partial charge in [0.2, 0.25) is 0 Å². The summed E-state index contributed by atoms with van der Waals surface area (Å²) in [6.45, 7) is 2.86. The summed E-state index contributed by atoms with van der Waals surface area (Å²) in [5, 5.41) is 0. The highest BCUT2D eigenvalue weighted by Crippen LogP contribution is 2.19. The number of ether oxygens (including phenoxy) is 1. The molecule has 1 fully saturated rings. The quantitative estimate of drug-likeness (QED) is 0.721. The first kappa shape index (κ1) is 12.0. The van der Waals surface area contributed by atoms with Gasteiger partial charge in [0.05, 0.1) is 13.2 Å². The zero-order valence-electron chi connectivity index (χ0n) is 9.23. The molecule has 1 aliphatic rings. The van der Waals surface area contributed by atoms with Gasteiger partial charge >= 0.3 is 6.09 Å². The van der Waals surface area contributed by atoms with Crippen molar-refractivity contribution >= 4 is 11.9 Å². The summed E-state index contributed by atoms with van der Waals surface area (Å²) in [4.78, 5) is 24.4. The molecule has 0 aromatic heterocycles. The number of piperidine rings is 1. The van der Waals surface area contributed by atoms with Crippen LogP contribution in [0.3, 0.4) is 0 Å². The number of nitrogens with two attached hydrogens (primary N) is 1. The van der Waals surface area contributed by atoms with E-state index in [1.807, 2.05) is 0 Å². The van der Waals surface area contributed by atoms with Gasteiger partial charge in [-0.3, -0.25) is 4.79 Å². The lowest BCUT2D eigenvalue weighted by Crippen LogP contribution is -2.43. The number of rotatable bonds is 2. The predicted octanol–water partition coefficient (Wildman–Crippen LogP) is 0.381. The Kier molecular flexibility index (Phi) is 4.08. The van der Waals surface area contributed by atoms with Gasteiger partial charge in [0.25, 0.3) is 0 Å². The fourth-order valence-electron chi connectivity index (χ4n) is 1.85. The SMILES string of the molecule is COC(=O)N1CCC(C(=O)C(C)N)CC1. The molecular weight excluding hydrogens is 196 g/mol. The molecule has 15 heavy (non-hydrogen) atoms. The molecule has 1 atom stereocenters. The summed E-state index contributed by atoms with van der Waals surface area (Å²) in [5.74, 6) is 0.102. The standard InChI is InChI=1S/C10H18N2O3/c1-7(11)9(13)8-3-5-12(6-4-8)10(14)15-2/h7-8H,3-6,11H2,1-2H3. The molecule has 0 saturated carbocycles. The van der Waals surface area contributed by atoms with Crippen LogP contribution in [0.1, 0.15) is 19.8 Å². The van der Waals surface area contributed by atoms with Crippen molar-refractivity contribution in [1.29, 1.82) is 0 Å². The summed E-state index contributed by atoms with van der Waals surface area (Å²) < 4.78 is 4.61. The molecule has 2 N–H and O–H groups in total. The lowest BCUT2D eigenvalue weighted by atomic mass is 9.90. The van der Waals surface area contributed by atoms with Gasteiger partial charge in [0.15, 0.2) is 5.78 Å². The van der Waals surface area contributed by atoms with Gasteiger partial charge in [-0.2, -0.15) is 0 Å². The van der Waals surface area contributed by atoms with Crippen LogP contribution in [0.15, 0.2) is 0 Å². The smallest absolute Gasteiger partial charge is 0.409 e. The number of Topliss-reactive ketones (excluding diaryl/α,β-unsaturated/α-hetero) is 1. The molecule has 0 radical (unpaired) electrons. The van der Waals surface area contributed by atoms with Gasteiger partial charge in [-0.25, -0.2) is 4.79 Å². The van der Waals surface area contributed by atoms with Gasteiger partial charge in [-0.05, 0) is 19.8 Å². The van der Waals surface area contributed by atoms with Crippen LogP contribution in [0.2, 0.25) is 0 Å². The molecule has 1 rings (SSSR count). The minimum atomic E-state index is -0.403. The molecule has 0 aromatic rings. The third-order valence-corrected chi connectivity index (χ3v) is 2.78. The maximum absolute atomic E-state index is 11.6. The summed E-state index contributed by atoms with van der Waals surface area (Å²) in [6, 6.07) is -0.403. The van der Waals surface area contributed by atoms with Crippen LogP contribution in [0.25, 0.3) is 0 Å². The fourth-order valence-corrected chi connectivity index (χ4v) is 1.85. The Morgan fingerprint density at radius 1 is 1.40 bits per heavy atom. The van der Waals surface area contributed by atoms with E-state index in [4.69, 9.17) is 5.73 Å². The van der Waals surface area contributed by atoms with Crippen molar-refractivity contribution in [2.45, 2.75) is 25.8 Å². The average Bonchev–Trinajstić information content (AvgIpc) is 2.27. The molecule has 0 aromatic carbocycles. The number of likely N-dealkylation sites (tertiary alicyclic amines) is 1. The first-order valence-corrected chi connectivity index (χ1v) is 5.18. The molecule has 5 nitrogen and oxygen atoms in total. The first-order valence-electron chi connectivity index (χ1n) is 5.18. The van der Waals surface area contributed by atoms with Crippen LogP contribution in [0, 0.1) is 5.92 Å². The first-order chi connectivity index (χ1) is 7.06. The number of nitrogens with zero attached hydrogens (tertiary/aromatic N) is 1. The van der Waals surface area contributed by atoms with Crippen LogP contribution in [-0.4, -0.2) is 43.0 Å². The van der Waals surface area contributed by atoms with Gasteiger partial charge < -0.3 is 15.4 Å². The molecular formula is C10H18N2O3. The molecule has 5 heteroatoms. The molecule has 0 spiro atoms. The number of hydrogen-bond donors (Lipinski definition) is 1. The Labute approximate surface area is 89.6 Å². The summed E-state index contributed by atoms with van der Waals surface area (Å²) in [7, 11) is 1.36. The predicted molar refractivity (Wildman–Crippen MR) is 55.4 cm³/mol. The topological polar surface area (TPSA) is 72.6 Å². The molecule has 0 aliphatic carbocycles. The van der Waals surface area contributed by atoms with Crippen molar-refractivity contribution in [2.75, 3.05) is 20.2 Å². The second kappa shape index (κ2) is 5.11. The number of methoxy groups -OCH3 is 1. The fraction of sp³-hybridized carbons (Fsp3) is 0.800. The Hall–Kier alpha value is -1.10. The van der Waals surface area contributed by atoms with Crippen LogP contribution < -0.4 is 5.73 Å². The zero-order chi connectivity index (χ0) is 11.4. The van der Waals surface area contributed by atoms with E-state index in [-0.39, 0.29) is 17.8 Å². The Balaban J connectivity index is 2.42. The minimum Gasteiger partial charge on any atom is -0.453 e. The normalized spacial score (nSPS) is 19.8. The van der Waals surface area contributed by atoms with Crippen molar-refractivity contribution in [3.05, 3.63) is 0 Å². The van der Waals surface area contributed by atoms with E-state index >= 15 is 0 Å². The van der Waals surface area contributed by atoms with Crippen molar-refractivity contribution in [3.8, 4) is 0 Å². The molecule has 1 heterocycles. The maximum atomic E-state index is 11.6. The van der Waals surface area contributed by atoms with Crippen molar-refractivity contribution in [3.63, 3.8) is 0 Å². The summed E-state index contributed by atoms with van der Waals surface area (Å²) >= 11 is 0. The van der Waals surface area contributed by atoms with Gasteiger partial charge in [-0.1, -0.05) is 0 Å². The average molecular weight is 214 g/mol. The molecule has 1 saturated heterocycles. The second-order valence-electron chi connectivity index (χ2n) is 3.92. The number of ketones is 1. The van der Waals surface area contributed by atoms with E-state index in [1.54, 1.807) is 11.8 Å². The highest BCUT2D eigenvalue weighted by Gasteiger charge is 2.28. The van der Waals surface area contributed by atoms with Crippen LogP contribution in [-0.2, 0) is 9.53 Å². The Morgan fingerprint density at radius 3 is 2.33 bits per heavy atom. The number of hydrogen-bond acceptors (Lipinski definition) is 4. The van der Waals surface area contributed by atoms with E-state index in [1.165, 1.54) is 7.11 Å². The minimum absolute atomic E-state index is 0.00547. The Morgan fingerprint density at radius 2 is 1.93 bits per heavy atom. The number of carbonyl (C=O) groups excluding carboxylic acids is 2. The lowest BCUT2D eigenvalue weighted by Gasteiger charge is -2.30. The third kappa shape index (κ3) is 2.92. The van der Waals surface area contributed by atoms with E-state index in [0.29, 0.717) is 25.9 Å². The maximum Gasteiger partial charge on any atom is 0.409 e. The molecule has 1 aliphatic heterocycles. The van der Waals surface area contributed by atoms with Crippen LogP contribution >= 0.6 is 0 Å². The van der Waals surface area contributed by atoms with E-state index in [9.17, 15) is 9.59 Å². The highest BCUT2D eigenvalue weighted by molar-refractivity contribution is 5.86. The van der Waals surface area contributed by atoms with E-state index in [0.717, 1.165) is 0 Å². The van der Waals surface area contributed by atoms with Crippen molar-refractivity contribution in [1.82, 2.24) is 4.90 Å². The molecule has 1 unspecified atom stereocenters. The van der Waals surface area contributed by atoms with Crippen molar-refractivity contribution in [2.24, 2.45) is 11.7 Å². The zero-order valence-corrected chi connectivity index (χ0v) is 9.23. The Bertz CT molecular complexity index is 245. The lowest BCUT2D eigenvalue weighted by molar-refractivity contribution is -0.125. The van der Waals surface area contributed by atoms with Crippen LogP contribution in [0.4, 0.5) is 4.79 Å². The van der Waals surface area contributed by atoms with E-state index in [2.05, 4.69) is 4.74 Å². The van der Waals surface area contributed by atoms with Gasteiger partial charge in [0, 0.05) is 19.0 Å². The van der Waals surface area contributed by atoms with Crippen LogP contribution in [0.5, 0.6) is 0 Å². The monoisotopic (exact) mass is 214 g/mol. The largest absolute Gasteiger partial charge is 0.453 e. The van der Waals surface area contributed by atoms with Gasteiger partial charge in [-0.15, -0.1) is 0 Å². The summed E-state index contributed by atoms with van der Waals surface area (Å²) in [5.41, 5.74) is 5.53. The summed E-state index contributed by atoms with van der Waals surface area (Å²) in [6.07, 6.45) is 1.06. The highest BCUT2D eigenvalue weighted by atomic mass is 16.5. The molecule has 1 amide bonds. The third-order valence-electron chi connectivity index (χ3n) is 2.78. The number of amides is 1.